The van der Waals surface area contributed by atoms with Crippen molar-refractivity contribution < 1.29 is 0 Å². The van der Waals surface area contributed by atoms with E-state index in [0.717, 1.165) is 35.0 Å². The number of benzene rings is 1. The Balaban J connectivity index is 1.74. The van der Waals surface area contributed by atoms with Gasteiger partial charge in [-0.15, -0.1) is 0 Å². The van der Waals surface area contributed by atoms with E-state index in [4.69, 9.17) is 11.6 Å². The smallest absolute Gasteiger partial charge is 0.0462 e. The molecule has 2 fully saturated rings. The van der Waals surface area contributed by atoms with Crippen LogP contribution in [0.1, 0.15) is 32.3 Å². The molecule has 1 aliphatic carbocycles. The fourth-order valence-corrected chi connectivity index (χ4v) is 4.11. The van der Waals surface area contributed by atoms with Gasteiger partial charge in [0.25, 0.3) is 0 Å². The van der Waals surface area contributed by atoms with Crippen LogP contribution in [0, 0.1) is 11.8 Å². The van der Waals surface area contributed by atoms with E-state index < -0.39 is 0 Å². The highest BCUT2D eigenvalue weighted by Gasteiger charge is 2.37. The first-order valence-electron chi connectivity index (χ1n) is 7.96. The summed E-state index contributed by atoms with van der Waals surface area (Å²) >= 11 is 9.90. The normalized spacial score (nSPS) is 27.3. The van der Waals surface area contributed by atoms with Gasteiger partial charge in [-0.1, -0.05) is 47.4 Å². The fraction of sp³-hybridized carbons (Fsp3) is 0.647. The van der Waals surface area contributed by atoms with E-state index >= 15 is 0 Å². The predicted octanol–water partition coefficient (Wildman–Crippen LogP) is 4.31. The van der Waals surface area contributed by atoms with Gasteiger partial charge in [-0.05, 0) is 42.4 Å². The summed E-state index contributed by atoms with van der Waals surface area (Å²) < 4.78 is 1.05. The number of nitrogens with one attached hydrogen (secondary N) is 1. The van der Waals surface area contributed by atoms with Crippen molar-refractivity contribution in [3.05, 3.63) is 33.3 Å². The van der Waals surface area contributed by atoms with Crippen molar-refractivity contribution in [1.82, 2.24) is 10.2 Å². The summed E-state index contributed by atoms with van der Waals surface area (Å²) in [6.45, 7) is 7.85. The van der Waals surface area contributed by atoms with Crippen LogP contribution < -0.4 is 5.32 Å². The lowest BCUT2D eigenvalue weighted by Crippen LogP contribution is -2.58. The van der Waals surface area contributed by atoms with Crippen LogP contribution in [-0.4, -0.2) is 30.1 Å². The largest absolute Gasteiger partial charge is 0.311 e. The zero-order valence-corrected chi connectivity index (χ0v) is 15.1. The molecule has 0 amide bonds. The zero-order valence-electron chi connectivity index (χ0n) is 12.8. The van der Waals surface area contributed by atoms with Crippen molar-refractivity contribution in [3.63, 3.8) is 0 Å². The minimum absolute atomic E-state index is 0.597. The number of hydrogen-bond donors (Lipinski definition) is 1. The zero-order chi connectivity index (χ0) is 15.0. The predicted molar refractivity (Wildman–Crippen MR) is 92.7 cm³/mol. The number of nitrogens with zero attached hydrogens (tertiary/aromatic N) is 1. The molecule has 0 spiro atoms. The monoisotopic (exact) mass is 370 g/mol. The van der Waals surface area contributed by atoms with Crippen molar-refractivity contribution in [2.24, 2.45) is 11.8 Å². The molecular weight excluding hydrogens is 348 g/mol. The highest BCUT2D eigenvalue weighted by atomic mass is 79.9. The van der Waals surface area contributed by atoms with Crippen molar-refractivity contribution in [3.8, 4) is 0 Å². The van der Waals surface area contributed by atoms with Gasteiger partial charge < -0.3 is 5.32 Å². The van der Waals surface area contributed by atoms with Crippen molar-refractivity contribution >= 4 is 27.5 Å². The third-order valence-corrected chi connectivity index (χ3v) is 5.68. The van der Waals surface area contributed by atoms with Gasteiger partial charge in [0.15, 0.2) is 0 Å². The lowest BCUT2D eigenvalue weighted by Gasteiger charge is -2.43. The van der Waals surface area contributed by atoms with Gasteiger partial charge in [0.1, 0.15) is 0 Å². The summed E-state index contributed by atoms with van der Waals surface area (Å²) in [6.07, 6.45) is 2.80. The van der Waals surface area contributed by atoms with Crippen LogP contribution in [0.2, 0.25) is 5.02 Å². The molecule has 21 heavy (non-hydrogen) atoms. The van der Waals surface area contributed by atoms with Gasteiger partial charge in [0.2, 0.25) is 0 Å². The minimum atomic E-state index is 0.597. The molecule has 4 heteroatoms. The number of hydrogen-bond acceptors (Lipinski definition) is 2. The van der Waals surface area contributed by atoms with Crippen LogP contribution in [-0.2, 0) is 6.54 Å². The van der Waals surface area contributed by atoms with Gasteiger partial charge >= 0.3 is 0 Å². The molecule has 1 saturated heterocycles. The molecule has 0 aromatic heterocycles. The Bertz CT molecular complexity index is 502. The van der Waals surface area contributed by atoms with Crippen molar-refractivity contribution in [2.45, 2.75) is 45.3 Å². The molecule has 1 aromatic carbocycles. The molecule has 2 atom stereocenters. The fourth-order valence-electron chi connectivity index (χ4n) is 3.38. The Morgan fingerprint density at radius 2 is 2.14 bits per heavy atom. The standard InChI is InChI=1S/C17H24BrClN2/c1-11(2)17-8-20-16(12-3-4-12)10-21(17)9-13-5-6-14(18)7-15(13)19/h5-7,11-12,16-17,20H,3-4,8-10H2,1-2H3. The minimum Gasteiger partial charge on any atom is -0.311 e. The third-order valence-electron chi connectivity index (χ3n) is 4.84. The van der Waals surface area contributed by atoms with E-state index in [1.54, 1.807) is 0 Å². The maximum absolute atomic E-state index is 6.42. The van der Waals surface area contributed by atoms with Crippen LogP contribution in [0.3, 0.4) is 0 Å². The molecule has 2 aliphatic rings. The van der Waals surface area contributed by atoms with E-state index in [-0.39, 0.29) is 0 Å². The van der Waals surface area contributed by atoms with E-state index in [1.807, 2.05) is 6.07 Å². The molecule has 1 N–H and O–H groups in total. The summed E-state index contributed by atoms with van der Waals surface area (Å²) in [5.41, 5.74) is 1.24. The Kier molecular flexibility index (Phi) is 4.94. The Hall–Kier alpha value is -0.0900. The molecule has 2 unspecified atom stereocenters. The summed E-state index contributed by atoms with van der Waals surface area (Å²) in [7, 11) is 0. The van der Waals surface area contributed by atoms with Crippen LogP contribution in [0.15, 0.2) is 22.7 Å². The van der Waals surface area contributed by atoms with Crippen molar-refractivity contribution in [1.29, 1.82) is 0 Å². The van der Waals surface area contributed by atoms with Crippen LogP contribution in [0.5, 0.6) is 0 Å². The maximum atomic E-state index is 6.42. The lowest BCUT2D eigenvalue weighted by molar-refractivity contribution is 0.0852. The molecule has 0 bridgehead atoms. The van der Waals surface area contributed by atoms with Crippen LogP contribution in [0.4, 0.5) is 0 Å². The molecule has 2 nitrogen and oxygen atoms in total. The van der Waals surface area contributed by atoms with Gasteiger partial charge in [-0.3, -0.25) is 4.90 Å². The van der Waals surface area contributed by atoms with E-state index in [2.05, 4.69) is 52.1 Å². The number of halogens is 2. The molecule has 1 heterocycles. The SMILES string of the molecule is CC(C)C1CNC(C2CC2)CN1Cc1ccc(Br)cc1Cl. The average Bonchev–Trinajstić information content (AvgIpc) is 3.26. The lowest BCUT2D eigenvalue weighted by atomic mass is 9.96. The van der Waals surface area contributed by atoms with Gasteiger partial charge in [0.05, 0.1) is 0 Å². The molecule has 0 radical (unpaired) electrons. The molecule has 1 saturated carbocycles. The molecular formula is C17H24BrClN2. The average molecular weight is 372 g/mol. The van der Waals surface area contributed by atoms with Crippen LogP contribution >= 0.6 is 27.5 Å². The van der Waals surface area contributed by atoms with Gasteiger partial charge in [-0.25, -0.2) is 0 Å². The van der Waals surface area contributed by atoms with Crippen LogP contribution in [0.25, 0.3) is 0 Å². The Morgan fingerprint density at radius 3 is 2.76 bits per heavy atom. The Labute approximate surface area is 141 Å². The van der Waals surface area contributed by atoms with E-state index in [1.165, 1.54) is 18.4 Å². The summed E-state index contributed by atoms with van der Waals surface area (Å²) in [6, 6.07) is 7.51. The highest BCUT2D eigenvalue weighted by molar-refractivity contribution is 9.10. The summed E-state index contributed by atoms with van der Waals surface area (Å²) in [4.78, 5) is 2.64. The number of rotatable bonds is 4. The third kappa shape index (κ3) is 3.82. The molecule has 3 rings (SSSR count). The first-order valence-corrected chi connectivity index (χ1v) is 9.13. The molecule has 1 aromatic rings. The molecule has 1 aliphatic heterocycles. The van der Waals surface area contributed by atoms with Crippen molar-refractivity contribution in [2.75, 3.05) is 13.1 Å². The Morgan fingerprint density at radius 1 is 1.38 bits per heavy atom. The highest BCUT2D eigenvalue weighted by Crippen LogP contribution is 2.35. The second-order valence-corrected chi connectivity index (χ2v) is 8.15. The first-order chi connectivity index (χ1) is 10.0. The molecule has 116 valence electrons. The van der Waals surface area contributed by atoms with Gasteiger partial charge in [-0.2, -0.15) is 0 Å². The second-order valence-electron chi connectivity index (χ2n) is 6.83. The van der Waals surface area contributed by atoms with E-state index in [9.17, 15) is 0 Å². The quantitative estimate of drug-likeness (QED) is 0.848. The first kappa shape index (κ1) is 15.8. The number of piperazine rings is 1. The maximum Gasteiger partial charge on any atom is 0.0462 e. The van der Waals surface area contributed by atoms with Gasteiger partial charge in [0, 0.05) is 41.2 Å². The van der Waals surface area contributed by atoms with E-state index in [0.29, 0.717) is 18.0 Å². The second kappa shape index (κ2) is 6.57. The topological polar surface area (TPSA) is 15.3 Å². The summed E-state index contributed by atoms with van der Waals surface area (Å²) in [5.74, 6) is 1.56. The summed E-state index contributed by atoms with van der Waals surface area (Å²) in [5, 5.41) is 4.64.